The molecule has 23 heavy (non-hydrogen) atoms. The molecular formula is C17H20O6. The summed E-state index contributed by atoms with van der Waals surface area (Å²) in [6, 6.07) is 9.61. The van der Waals surface area contributed by atoms with Gasteiger partial charge in [0.2, 0.25) is 0 Å². The zero-order chi connectivity index (χ0) is 16.0. The van der Waals surface area contributed by atoms with Gasteiger partial charge in [-0.1, -0.05) is 30.3 Å². The van der Waals surface area contributed by atoms with E-state index >= 15 is 0 Å². The Labute approximate surface area is 134 Å². The molecule has 6 nitrogen and oxygen atoms in total. The van der Waals surface area contributed by atoms with Gasteiger partial charge in [0.05, 0.1) is 25.4 Å². The van der Waals surface area contributed by atoms with Crippen LogP contribution in [0.3, 0.4) is 0 Å². The summed E-state index contributed by atoms with van der Waals surface area (Å²) in [5.41, 5.74) is 1.53. The highest BCUT2D eigenvalue weighted by Crippen LogP contribution is 2.52. The van der Waals surface area contributed by atoms with Crippen molar-refractivity contribution in [3.05, 3.63) is 47.4 Å². The first kappa shape index (κ1) is 15.0. The standard InChI is InChI=1S/C17H20O6/c1-2-20-16(19)12-11-13(18)14-10(22-15(11)12)8-21-17(23-14)9-6-4-3-5-7-9/h3-7,10-11,13-15,17-19H,2,8H2,1H3/b16-12+/t10-,11?,13-,14-,15?,17?/m1/s1. The van der Waals surface area contributed by atoms with Gasteiger partial charge in [0.25, 0.3) is 5.95 Å². The highest BCUT2D eigenvalue weighted by Gasteiger charge is 2.62. The van der Waals surface area contributed by atoms with Crippen molar-refractivity contribution in [2.24, 2.45) is 5.92 Å². The molecule has 3 fully saturated rings. The predicted octanol–water partition coefficient (Wildman–Crippen LogP) is 1.66. The van der Waals surface area contributed by atoms with E-state index in [0.29, 0.717) is 18.8 Å². The van der Waals surface area contributed by atoms with Crippen LogP contribution < -0.4 is 0 Å². The third-order valence-electron chi connectivity index (χ3n) is 4.57. The summed E-state index contributed by atoms with van der Waals surface area (Å²) >= 11 is 0. The molecule has 2 heterocycles. The summed E-state index contributed by atoms with van der Waals surface area (Å²) in [4.78, 5) is 0. The van der Waals surface area contributed by atoms with E-state index in [2.05, 4.69) is 0 Å². The Bertz CT molecular complexity index is 600. The highest BCUT2D eigenvalue weighted by atomic mass is 16.7. The van der Waals surface area contributed by atoms with Crippen LogP contribution in [0.5, 0.6) is 0 Å². The van der Waals surface area contributed by atoms with Gasteiger partial charge in [-0.15, -0.1) is 0 Å². The first-order chi connectivity index (χ1) is 11.2. The lowest BCUT2D eigenvalue weighted by Crippen LogP contribution is -2.53. The topological polar surface area (TPSA) is 77.4 Å². The van der Waals surface area contributed by atoms with Crippen molar-refractivity contribution in [2.75, 3.05) is 13.2 Å². The van der Waals surface area contributed by atoms with Gasteiger partial charge >= 0.3 is 0 Å². The van der Waals surface area contributed by atoms with E-state index < -0.39 is 18.5 Å². The van der Waals surface area contributed by atoms with E-state index in [1.807, 2.05) is 30.3 Å². The van der Waals surface area contributed by atoms with Gasteiger partial charge in [0.1, 0.15) is 12.2 Å². The maximum absolute atomic E-state index is 10.6. The highest BCUT2D eigenvalue weighted by molar-refractivity contribution is 5.37. The first-order valence-corrected chi connectivity index (χ1v) is 7.92. The smallest absolute Gasteiger partial charge is 0.278 e. The molecule has 4 rings (SSSR count). The fourth-order valence-corrected chi connectivity index (χ4v) is 3.40. The normalized spacial score (nSPS) is 40.8. The number of hydrogen-bond donors (Lipinski definition) is 2. The van der Waals surface area contributed by atoms with Gasteiger partial charge in [-0.2, -0.15) is 0 Å². The summed E-state index contributed by atoms with van der Waals surface area (Å²) in [7, 11) is 0. The molecule has 1 saturated carbocycles. The fourth-order valence-electron chi connectivity index (χ4n) is 3.40. The minimum Gasteiger partial charge on any atom is -0.481 e. The van der Waals surface area contributed by atoms with Gasteiger partial charge in [-0.25, -0.2) is 0 Å². The van der Waals surface area contributed by atoms with Crippen molar-refractivity contribution in [2.45, 2.75) is 37.6 Å². The van der Waals surface area contributed by atoms with E-state index in [4.69, 9.17) is 18.9 Å². The Balaban J connectivity index is 1.51. The summed E-state index contributed by atoms with van der Waals surface area (Å²) in [5.74, 6) is -0.405. The van der Waals surface area contributed by atoms with Gasteiger partial charge in [0, 0.05) is 17.1 Å². The molecule has 1 aliphatic carbocycles. The maximum atomic E-state index is 10.6. The van der Waals surface area contributed by atoms with Crippen LogP contribution in [0.1, 0.15) is 18.8 Å². The van der Waals surface area contributed by atoms with Crippen molar-refractivity contribution in [1.82, 2.24) is 0 Å². The Morgan fingerprint density at radius 3 is 2.78 bits per heavy atom. The maximum Gasteiger partial charge on any atom is 0.278 e. The molecule has 2 saturated heterocycles. The van der Waals surface area contributed by atoms with Crippen LogP contribution in [0.15, 0.2) is 41.9 Å². The SMILES string of the molecule is CCO/C(O)=C1/C2O[C@@H]3COC(c4ccccc4)O[C@H]3[C@H](O)C12. The summed E-state index contributed by atoms with van der Waals surface area (Å²) < 4.78 is 22.7. The fraction of sp³-hybridized carbons (Fsp3) is 0.529. The molecule has 6 atom stereocenters. The van der Waals surface area contributed by atoms with Crippen molar-refractivity contribution >= 4 is 0 Å². The molecular weight excluding hydrogens is 300 g/mol. The van der Waals surface area contributed by atoms with Crippen molar-refractivity contribution in [3.63, 3.8) is 0 Å². The largest absolute Gasteiger partial charge is 0.481 e. The number of hydrogen-bond acceptors (Lipinski definition) is 6. The van der Waals surface area contributed by atoms with Crippen molar-refractivity contribution in [3.8, 4) is 0 Å². The van der Waals surface area contributed by atoms with E-state index in [1.54, 1.807) is 6.92 Å². The molecule has 1 aromatic carbocycles. The molecule has 3 unspecified atom stereocenters. The van der Waals surface area contributed by atoms with Crippen LogP contribution in [0.4, 0.5) is 0 Å². The lowest BCUT2D eigenvalue weighted by Gasteiger charge is -2.41. The quantitative estimate of drug-likeness (QED) is 0.825. The average molecular weight is 320 g/mol. The molecule has 0 aromatic heterocycles. The van der Waals surface area contributed by atoms with Gasteiger partial charge < -0.3 is 29.2 Å². The van der Waals surface area contributed by atoms with E-state index in [-0.39, 0.29) is 24.1 Å². The molecule has 3 aliphatic rings. The lowest BCUT2D eigenvalue weighted by molar-refractivity contribution is -0.300. The number of fused-ring (bicyclic) bond motifs is 2. The zero-order valence-corrected chi connectivity index (χ0v) is 12.8. The van der Waals surface area contributed by atoms with Gasteiger partial charge in [-0.05, 0) is 6.92 Å². The van der Waals surface area contributed by atoms with Crippen LogP contribution >= 0.6 is 0 Å². The number of rotatable bonds is 3. The number of aliphatic hydroxyl groups excluding tert-OH is 2. The monoisotopic (exact) mass is 320 g/mol. The minimum atomic E-state index is -0.744. The molecule has 6 heteroatoms. The second-order valence-electron chi connectivity index (χ2n) is 5.98. The Morgan fingerprint density at radius 2 is 2.04 bits per heavy atom. The minimum absolute atomic E-state index is 0.138. The Morgan fingerprint density at radius 1 is 1.26 bits per heavy atom. The van der Waals surface area contributed by atoms with E-state index in [9.17, 15) is 10.2 Å². The van der Waals surface area contributed by atoms with Crippen LogP contribution in [0.2, 0.25) is 0 Å². The summed E-state index contributed by atoms with van der Waals surface area (Å²) in [5, 5.41) is 20.5. The predicted molar refractivity (Wildman–Crippen MR) is 79.4 cm³/mol. The number of aliphatic hydroxyl groups is 2. The van der Waals surface area contributed by atoms with Gasteiger partial charge in [-0.3, -0.25) is 0 Å². The van der Waals surface area contributed by atoms with Crippen LogP contribution in [-0.4, -0.2) is 47.8 Å². The van der Waals surface area contributed by atoms with Crippen LogP contribution in [-0.2, 0) is 18.9 Å². The lowest BCUT2D eigenvalue weighted by atomic mass is 10.00. The van der Waals surface area contributed by atoms with Gasteiger partial charge in [0.15, 0.2) is 6.29 Å². The Hall–Kier alpha value is -1.60. The molecule has 0 amide bonds. The molecule has 124 valence electrons. The summed E-state index contributed by atoms with van der Waals surface area (Å²) in [6.07, 6.45) is -2.40. The van der Waals surface area contributed by atoms with Crippen LogP contribution in [0, 0.1) is 5.92 Å². The third kappa shape index (κ3) is 2.52. The number of ether oxygens (including phenoxy) is 4. The average Bonchev–Trinajstić information content (AvgIpc) is 3.30. The molecule has 2 N–H and O–H groups in total. The zero-order valence-electron chi connectivity index (χ0n) is 12.8. The molecule has 1 aromatic rings. The summed E-state index contributed by atoms with van der Waals surface area (Å²) in [6.45, 7) is 2.50. The second-order valence-corrected chi connectivity index (χ2v) is 5.98. The van der Waals surface area contributed by atoms with Crippen molar-refractivity contribution in [1.29, 1.82) is 0 Å². The molecule has 0 bridgehead atoms. The second kappa shape index (κ2) is 5.79. The molecule has 0 radical (unpaired) electrons. The Kier molecular flexibility index (Phi) is 3.77. The molecule has 0 spiro atoms. The number of benzene rings is 1. The van der Waals surface area contributed by atoms with E-state index in [1.165, 1.54) is 0 Å². The third-order valence-corrected chi connectivity index (χ3v) is 4.57. The van der Waals surface area contributed by atoms with E-state index in [0.717, 1.165) is 5.56 Å². The first-order valence-electron chi connectivity index (χ1n) is 7.92. The van der Waals surface area contributed by atoms with Crippen LogP contribution in [0.25, 0.3) is 0 Å². The van der Waals surface area contributed by atoms with Crippen molar-refractivity contribution < 1.29 is 29.2 Å². The molecule has 2 aliphatic heterocycles.